The Hall–Kier alpha value is -1.60. The van der Waals surface area contributed by atoms with Crippen molar-refractivity contribution in [2.24, 2.45) is 0 Å². The minimum atomic E-state index is -0.495. The average Bonchev–Trinajstić information content (AvgIpc) is 2.26. The smallest absolute Gasteiger partial charge is 0.166 e. The number of hydrogen-bond donors (Lipinski definition) is 1. The van der Waals surface area contributed by atoms with E-state index in [4.69, 9.17) is 10.00 Å². The number of nitriles is 1. The molecule has 0 spiro atoms. The van der Waals surface area contributed by atoms with Crippen molar-refractivity contribution < 1.29 is 9.13 Å². The Balaban J connectivity index is 2.52. The van der Waals surface area contributed by atoms with Gasteiger partial charge in [0.1, 0.15) is 6.61 Å². The molecule has 3 nitrogen and oxygen atoms in total. The average molecular weight is 208 g/mol. The van der Waals surface area contributed by atoms with E-state index in [1.165, 1.54) is 18.2 Å². The monoisotopic (exact) mass is 208 g/mol. The van der Waals surface area contributed by atoms with Crippen molar-refractivity contribution in [1.29, 1.82) is 5.26 Å². The predicted octanol–water partition coefficient (Wildman–Crippen LogP) is 1.69. The van der Waals surface area contributed by atoms with E-state index in [0.29, 0.717) is 18.7 Å². The number of rotatable bonds is 5. The fourth-order valence-electron chi connectivity index (χ4n) is 1.10. The Morgan fingerprint density at radius 1 is 1.53 bits per heavy atom. The largest absolute Gasteiger partial charge is 0.489 e. The zero-order valence-corrected chi connectivity index (χ0v) is 8.59. The molecular formula is C11H13FN2O. The summed E-state index contributed by atoms with van der Waals surface area (Å²) in [6, 6.07) is 6.04. The van der Waals surface area contributed by atoms with Gasteiger partial charge in [-0.05, 0) is 24.7 Å². The lowest BCUT2D eigenvalue weighted by Crippen LogP contribution is -2.20. The first-order valence-corrected chi connectivity index (χ1v) is 4.81. The second kappa shape index (κ2) is 5.99. The van der Waals surface area contributed by atoms with Crippen LogP contribution in [0.1, 0.15) is 12.5 Å². The number of nitrogens with zero attached hydrogens (tertiary/aromatic N) is 1. The molecule has 0 aliphatic rings. The SMILES string of the molecule is CCNCCOc1ccc(C#N)cc1F. The molecule has 0 aromatic heterocycles. The summed E-state index contributed by atoms with van der Waals surface area (Å²) in [5.41, 5.74) is 0.298. The third-order valence-corrected chi connectivity index (χ3v) is 1.85. The zero-order valence-electron chi connectivity index (χ0n) is 8.59. The maximum Gasteiger partial charge on any atom is 0.166 e. The van der Waals surface area contributed by atoms with Gasteiger partial charge in [0.2, 0.25) is 0 Å². The van der Waals surface area contributed by atoms with Crippen LogP contribution in [0.5, 0.6) is 5.75 Å². The van der Waals surface area contributed by atoms with Crippen LogP contribution < -0.4 is 10.1 Å². The fraction of sp³-hybridized carbons (Fsp3) is 0.364. The van der Waals surface area contributed by atoms with Gasteiger partial charge in [0.25, 0.3) is 0 Å². The van der Waals surface area contributed by atoms with Gasteiger partial charge in [0.05, 0.1) is 11.6 Å². The van der Waals surface area contributed by atoms with Crippen molar-refractivity contribution >= 4 is 0 Å². The van der Waals surface area contributed by atoms with E-state index < -0.39 is 5.82 Å². The van der Waals surface area contributed by atoms with Crippen molar-refractivity contribution in [2.45, 2.75) is 6.92 Å². The number of likely N-dealkylation sites (N-methyl/N-ethyl adjacent to an activating group) is 1. The van der Waals surface area contributed by atoms with Gasteiger partial charge < -0.3 is 10.1 Å². The van der Waals surface area contributed by atoms with Gasteiger partial charge in [-0.15, -0.1) is 0 Å². The zero-order chi connectivity index (χ0) is 11.1. The topological polar surface area (TPSA) is 45.0 Å². The number of benzene rings is 1. The molecule has 4 heteroatoms. The molecule has 0 bridgehead atoms. The molecular weight excluding hydrogens is 195 g/mol. The summed E-state index contributed by atoms with van der Waals surface area (Å²) in [7, 11) is 0. The quantitative estimate of drug-likeness (QED) is 0.749. The molecule has 0 saturated heterocycles. The molecule has 15 heavy (non-hydrogen) atoms. The summed E-state index contributed by atoms with van der Waals surface area (Å²) in [6.45, 7) is 3.94. The normalized spacial score (nSPS) is 9.67. The van der Waals surface area contributed by atoms with Crippen molar-refractivity contribution in [3.8, 4) is 11.8 Å². The Labute approximate surface area is 88.5 Å². The van der Waals surface area contributed by atoms with Crippen LogP contribution in [0, 0.1) is 17.1 Å². The number of halogens is 1. The minimum Gasteiger partial charge on any atom is -0.489 e. The van der Waals surface area contributed by atoms with Crippen LogP contribution in [-0.2, 0) is 0 Å². The predicted molar refractivity (Wildman–Crippen MR) is 55.2 cm³/mol. The third-order valence-electron chi connectivity index (χ3n) is 1.85. The van der Waals surface area contributed by atoms with Crippen LogP contribution in [0.4, 0.5) is 4.39 Å². The van der Waals surface area contributed by atoms with Crippen molar-refractivity contribution in [3.05, 3.63) is 29.6 Å². The van der Waals surface area contributed by atoms with Gasteiger partial charge in [-0.2, -0.15) is 5.26 Å². The highest BCUT2D eigenvalue weighted by molar-refractivity contribution is 5.35. The molecule has 1 aromatic carbocycles. The van der Waals surface area contributed by atoms with Crippen LogP contribution in [0.3, 0.4) is 0 Å². The first-order valence-electron chi connectivity index (χ1n) is 4.81. The van der Waals surface area contributed by atoms with Gasteiger partial charge in [0, 0.05) is 6.54 Å². The second-order valence-corrected chi connectivity index (χ2v) is 2.96. The Kier molecular flexibility index (Phi) is 4.58. The summed E-state index contributed by atoms with van der Waals surface area (Å²) in [4.78, 5) is 0. The van der Waals surface area contributed by atoms with Gasteiger partial charge in [-0.1, -0.05) is 6.92 Å². The van der Waals surface area contributed by atoms with E-state index >= 15 is 0 Å². The van der Waals surface area contributed by atoms with Gasteiger partial charge >= 0.3 is 0 Å². The third kappa shape index (κ3) is 3.56. The molecule has 0 radical (unpaired) electrons. The first kappa shape index (κ1) is 11.5. The van der Waals surface area contributed by atoms with Crippen LogP contribution in [0.25, 0.3) is 0 Å². The summed E-state index contributed by atoms with van der Waals surface area (Å²) in [6.07, 6.45) is 0. The lowest BCUT2D eigenvalue weighted by molar-refractivity contribution is 0.300. The lowest BCUT2D eigenvalue weighted by Gasteiger charge is -2.07. The molecule has 80 valence electrons. The highest BCUT2D eigenvalue weighted by Gasteiger charge is 2.03. The summed E-state index contributed by atoms with van der Waals surface area (Å²) >= 11 is 0. The molecule has 1 rings (SSSR count). The number of ether oxygens (including phenoxy) is 1. The maximum absolute atomic E-state index is 13.2. The van der Waals surface area contributed by atoms with E-state index in [1.807, 2.05) is 13.0 Å². The van der Waals surface area contributed by atoms with E-state index in [-0.39, 0.29) is 5.75 Å². The fourth-order valence-corrected chi connectivity index (χ4v) is 1.10. The van der Waals surface area contributed by atoms with Crippen LogP contribution in [0.2, 0.25) is 0 Å². The van der Waals surface area contributed by atoms with Crippen LogP contribution in [0.15, 0.2) is 18.2 Å². The Morgan fingerprint density at radius 2 is 2.33 bits per heavy atom. The van der Waals surface area contributed by atoms with Gasteiger partial charge in [0.15, 0.2) is 11.6 Å². The van der Waals surface area contributed by atoms with Gasteiger partial charge in [-0.3, -0.25) is 0 Å². The molecule has 1 aromatic rings. The van der Waals surface area contributed by atoms with Crippen molar-refractivity contribution in [2.75, 3.05) is 19.7 Å². The Morgan fingerprint density at radius 3 is 2.93 bits per heavy atom. The number of nitrogens with one attached hydrogen (secondary N) is 1. The molecule has 0 atom stereocenters. The van der Waals surface area contributed by atoms with E-state index in [2.05, 4.69) is 5.32 Å². The van der Waals surface area contributed by atoms with Gasteiger partial charge in [-0.25, -0.2) is 4.39 Å². The molecule has 0 fully saturated rings. The molecule has 1 N–H and O–H groups in total. The highest BCUT2D eigenvalue weighted by Crippen LogP contribution is 2.17. The van der Waals surface area contributed by atoms with E-state index in [0.717, 1.165) is 6.54 Å². The molecule has 0 unspecified atom stereocenters. The Bertz CT molecular complexity index is 360. The summed E-state index contributed by atoms with van der Waals surface area (Å²) < 4.78 is 18.4. The molecule has 0 heterocycles. The number of hydrogen-bond acceptors (Lipinski definition) is 3. The van der Waals surface area contributed by atoms with Crippen molar-refractivity contribution in [3.63, 3.8) is 0 Å². The standard InChI is InChI=1S/C11H13FN2O/c1-2-14-5-6-15-11-4-3-9(8-13)7-10(11)12/h3-4,7,14H,2,5-6H2,1H3. The van der Waals surface area contributed by atoms with Crippen LogP contribution in [-0.4, -0.2) is 19.7 Å². The lowest BCUT2D eigenvalue weighted by atomic mass is 10.2. The maximum atomic E-state index is 13.2. The van der Waals surface area contributed by atoms with Crippen LogP contribution >= 0.6 is 0 Å². The molecule has 0 aliphatic carbocycles. The summed E-state index contributed by atoms with van der Waals surface area (Å²) in [5.74, 6) is -0.308. The van der Waals surface area contributed by atoms with Crippen molar-refractivity contribution in [1.82, 2.24) is 5.32 Å². The second-order valence-electron chi connectivity index (χ2n) is 2.96. The molecule has 0 saturated carbocycles. The van der Waals surface area contributed by atoms with E-state index in [9.17, 15) is 4.39 Å². The van der Waals surface area contributed by atoms with E-state index in [1.54, 1.807) is 0 Å². The summed E-state index contributed by atoms with van der Waals surface area (Å²) in [5, 5.41) is 11.6. The molecule has 0 aliphatic heterocycles. The highest BCUT2D eigenvalue weighted by atomic mass is 19.1. The first-order chi connectivity index (χ1) is 7.27. The minimum absolute atomic E-state index is 0.187. The molecule has 0 amide bonds.